The van der Waals surface area contributed by atoms with Crippen LogP contribution >= 0.6 is 0 Å². The van der Waals surface area contributed by atoms with E-state index in [1.54, 1.807) is 12.1 Å². The lowest BCUT2D eigenvalue weighted by Gasteiger charge is -2.29. The fourth-order valence-electron chi connectivity index (χ4n) is 3.46. The van der Waals surface area contributed by atoms with E-state index in [0.29, 0.717) is 24.9 Å². The number of carboxylic acid groups (broad SMARTS) is 2. The van der Waals surface area contributed by atoms with Crippen LogP contribution < -0.4 is 11.1 Å². The molecule has 4 atom stereocenters. The number of rotatable bonds is 11. The molecule has 32 heavy (non-hydrogen) atoms. The van der Waals surface area contributed by atoms with E-state index in [4.69, 9.17) is 15.6 Å². The Morgan fingerprint density at radius 1 is 1.22 bits per heavy atom. The molecule has 0 radical (unpaired) electrons. The Labute approximate surface area is 185 Å². The minimum absolute atomic E-state index is 0.00664. The number of aliphatic carboxylic acids is 2. The van der Waals surface area contributed by atoms with E-state index >= 15 is 0 Å². The van der Waals surface area contributed by atoms with E-state index in [-0.39, 0.29) is 18.8 Å². The van der Waals surface area contributed by atoms with Gasteiger partial charge < -0.3 is 36.0 Å². The van der Waals surface area contributed by atoms with Crippen LogP contribution in [0.1, 0.15) is 31.7 Å². The van der Waals surface area contributed by atoms with E-state index in [1.165, 1.54) is 24.0 Å². The molecule has 2 amide bonds. The summed E-state index contributed by atoms with van der Waals surface area (Å²) in [5.74, 6) is -3.57. The van der Waals surface area contributed by atoms with Crippen molar-refractivity contribution in [2.75, 3.05) is 13.2 Å². The van der Waals surface area contributed by atoms with Crippen molar-refractivity contribution in [3.8, 4) is 5.75 Å². The van der Waals surface area contributed by atoms with Crippen molar-refractivity contribution in [3.63, 3.8) is 0 Å². The Kier molecular flexibility index (Phi) is 8.97. The fourth-order valence-corrected chi connectivity index (χ4v) is 3.46. The Balaban J connectivity index is 2.03. The lowest BCUT2D eigenvalue weighted by atomic mass is 10.0. The molecule has 2 rings (SSSR count). The van der Waals surface area contributed by atoms with Crippen LogP contribution in [0.3, 0.4) is 0 Å². The van der Waals surface area contributed by atoms with E-state index in [1.807, 2.05) is 0 Å². The SMILES string of the molecule is C[C@H](OC[C@@H]1CCCN1C(=O)[C@H](CC(=O)O)NC(=O)[C@@H](N)Cc1ccc(O)cc1)C(=O)O. The molecular formula is C21H29N3O8. The van der Waals surface area contributed by atoms with Crippen molar-refractivity contribution >= 4 is 23.8 Å². The predicted octanol–water partition coefficient (Wildman–Crippen LogP) is -0.298. The number of carbonyl (C=O) groups excluding carboxylic acids is 2. The summed E-state index contributed by atoms with van der Waals surface area (Å²) >= 11 is 0. The fraction of sp³-hybridized carbons (Fsp3) is 0.524. The molecule has 0 saturated carbocycles. The van der Waals surface area contributed by atoms with Crippen LogP contribution in [-0.2, 0) is 30.3 Å². The van der Waals surface area contributed by atoms with Crippen molar-refractivity contribution < 1.29 is 39.2 Å². The van der Waals surface area contributed by atoms with Gasteiger partial charge in [0.15, 0.2) is 6.10 Å². The van der Waals surface area contributed by atoms with Crippen molar-refractivity contribution in [1.82, 2.24) is 10.2 Å². The van der Waals surface area contributed by atoms with Crippen molar-refractivity contribution in [2.45, 2.75) is 56.8 Å². The Morgan fingerprint density at radius 3 is 2.47 bits per heavy atom. The molecule has 0 aromatic heterocycles. The number of aromatic hydroxyl groups is 1. The molecule has 1 fully saturated rings. The first-order valence-corrected chi connectivity index (χ1v) is 10.3. The number of phenols is 1. The van der Waals surface area contributed by atoms with Gasteiger partial charge in [0.2, 0.25) is 11.8 Å². The zero-order chi connectivity index (χ0) is 23.8. The van der Waals surface area contributed by atoms with Crippen LogP contribution in [0, 0.1) is 0 Å². The second-order valence-corrected chi connectivity index (χ2v) is 7.78. The third-order valence-electron chi connectivity index (χ3n) is 5.27. The number of nitrogens with two attached hydrogens (primary N) is 1. The second kappa shape index (κ2) is 11.4. The molecule has 1 aliphatic heterocycles. The van der Waals surface area contributed by atoms with Gasteiger partial charge in [-0.2, -0.15) is 0 Å². The lowest BCUT2D eigenvalue weighted by Crippen LogP contribution is -2.55. The van der Waals surface area contributed by atoms with E-state index in [2.05, 4.69) is 5.32 Å². The van der Waals surface area contributed by atoms with E-state index in [0.717, 1.165) is 0 Å². The van der Waals surface area contributed by atoms with Gasteiger partial charge in [0.05, 0.1) is 25.1 Å². The van der Waals surface area contributed by atoms with Crippen LogP contribution in [-0.4, -0.2) is 81.4 Å². The van der Waals surface area contributed by atoms with Gasteiger partial charge in [0, 0.05) is 6.54 Å². The Bertz CT molecular complexity index is 829. The number of nitrogens with one attached hydrogen (secondary N) is 1. The van der Waals surface area contributed by atoms with Crippen molar-refractivity contribution in [2.24, 2.45) is 5.73 Å². The molecule has 0 spiro atoms. The second-order valence-electron chi connectivity index (χ2n) is 7.78. The Morgan fingerprint density at radius 2 is 1.88 bits per heavy atom. The monoisotopic (exact) mass is 451 g/mol. The maximum absolute atomic E-state index is 13.0. The van der Waals surface area contributed by atoms with Gasteiger partial charge in [-0.15, -0.1) is 0 Å². The molecule has 0 unspecified atom stereocenters. The summed E-state index contributed by atoms with van der Waals surface area (Å²) in [4.78, 5) is 49.3. The summed E-state index contributed by atoms with van der Waals surface area (Å²) in [6.07, 6.45) is -0.305. The number of phenolic OH excluding ortho intramolecular Hbond substituents is 1. The summed E-state index contributed by atoms with van der Waals surface area (Å²) in [7, 11) is 0. The third-order valence-corrected chi connectivity index (χ3v) is 5.27. The number of ether oxygens (including phenoxy) is 1. The molecule has 0 bridgehead atoms. The highest BCUT2D eigenvalue weighted by Gasteiger charge is 2.36. The molecule has 11 nitrogen and oxygen atoms in total. The van der Waals surface area contributed by atoms with Crippen LogP contribution in [0.2, 0.25) is 0 Å². The Hall–Kier alpha value is -3.18. The minimum atomic E-state index is -1.32. The standard InChI is InChI=1S/C21H29N3O8/c1-12(21(30)31)32-11-14-3-2-8-24(14)20(29)17(10-18(26)27)23-19(28)16(22)9-13-4-6-15(25)7-5-13/h4-7,12,14,16-17,25H,2-3,8-11,22H2,1H3,(H,23,28)(H,26,27)(H,30,31)/t12-,14-,16-,17-/m0/s1. The van der Waals surface area contributed by atoms with Gasteiger partial charge in [-0.05, 0) is 43.9 Å². The summed E-state index contributed by atoms with van der Waals surface area (Å²) < 4.78 is 5.29. The first-order valence-electron chi connectivity index (χ1n) is 10.3. The van der Waals surface area contributed by atoms with Crippen molar-refractivity contribution in [1.29, 1.82) is 0 Å². The lowest BCUT2D eigenvalue weighted by molar-refractivity contribution is -0.151. The average molecular weight is 451 g/mol. The summed E-state index contributed by atoms with van der Waals surface area (Å²) in [6, 6.07) is 3.36. The van der Waals surface area contributed by atoms with Gasteiger partial charge in [-0.1, -0.05) is 12.1 Å². The number of nitrogens with zero attached hydrogens (tertiary/aromatic N) is 1. The molecule has 0 aliphatic carbocycles. The molecule has 1 aromatic rings. The number of hydrogen-bond acceptors (Lipinski definition) is 7. The van der Waals surface area contributed by atoms with Gasteiger partial charge in [0.1, 0.15) is 11.8 Å². The van der Waals surface area contributed by atoms with Crippen LogP contribution in [0.25, 0.3) is 0 Å². The first-order chi connectivity index (χ1) is 15.1. The van der Waals surface area contributed by atoms with Crippen LogP contribution in [0.15, 0.2) is 24.3 Å². The highest BCUT2D eigenvalue weighted by molar-refractivity contribution is 5.92. The molecule has 1 aliphatic rings. The number of carboxylic acids is 2. The van der Waals surface area contributed by atoms with Gasteiger partial charge in [-0.25, -0.2) is 4.79 Å². The first kappa shape index (κ1) is 25.1. The topological polar surface area (TPSA) is 179 Å². The average Bonchev–Trinajstić information content (AvgIpc) is 3.20. The zero-order valence-corrected chi connectivity index (χ0v) is 17.8. The summed E-state index contributed by atoms with van der Waals surface area (Å²) in [5.41, 5.74) is 6.62. The quantitative estimate of drug-likeness (QED) is 0.302. The minimum Gasteiger partial charge on any atom is -0.508 e. The smallest absolute Gasteiger partial charge is 0.332 e. The third kappa shape index (κ3) is 7.20. The number of likely N-dealkylation sites (tertiary alicyclic amines) is 1. The summed E-state index contributed by atoms with van der Waals surface area (Å²) in [5, 5.41) is 29.9. The molecule has 1 saturated heterocycles. The zero-order valence-electron chi connectivity index (χ0n) is 17.8. The number of carbonyl (C=O) groups is 4. The maximum atomic E-state index is 13.0. The number of hydrogen-bond donors (Lipinski definition) is 5. The molecule has 176 valence electrons. The maximum Gasteiger partial charge on any atom is 0.332 e. The largest absolute Gasteiger partial charge is 0.508 e. The van der Waals surface area contributed by atoms with Crippen LogP contribution in [0.5, 0.6) is 5.75 Å². The highest BCUT2D eigenvalue weighted by atomic mass is 16.5. The van der Waals surface area contributed by atoms with Gasteiger partial charge in [-0.3, -0.25) is 14.4 Å². The molecule has 1 aromatic carbocycles. The van der Waals surface area contributed by atoms with E-state index < -0.39 is 54.4 Å². The van der Waals surface area contributed by atoms with E-state index in [9.17, 15) is 29.4 Å². The van der Waals surface area contributed by atoms with Gasteiger partial charge in [0.25, 0.3) is 0 Å². The molecule has 6 N–H and O–H groups in total. The van der Waals surface area contributed by atoms with Crippen molar-refractivity contribution in [3.05, 3.63) is 29.8 Å². The number of benzene rings is 1. The van der Waals surface area contributed by atoms with Gasteiger partial charge >= 0.3 is 11.9 Å². The molecule has 1 heterocycles. The highest BCUT2D eigenvalue weighted by Crippen LogP contribution is 2.20. The van der Waals surface area contributed by atoms with Crippen LogP contribution in [0.4, 0.5) is 0 Å². The molecule has 11 heteroatoms. The number of amides is 2. The predicted molar refractivity (Wildman–Crippen MR) is 112 cm³/mol. The molecular weight excluding hydrogens is 422 g/mol. The summed E-state index contributed by atoms with van der Waals surface area (Å²) in [6.45, 7) is 1.72. The normalized spacial score (nSPS) is 18.6.